The quantitative estimate of drug-likeness (QED) is 0.180. The molecule has 0 spiro atoms. The van der Waals surface area contributed by atoms with Crippen molar-refractivity contribution in [2.75, 3.05) is 6.54 Å². The predicted molar refractivity (Wildman–Crippen MR) is 71.9 cm³/mol. The number of carboxylic acid groups (broad SMARTS) is 1. The predicted octanol–water partition coefficient (Wildman–Crippen LogP) is -2.49. The maximum Gasteiger partial charge on any atom is 1.00 e. The third-order valence-corrected chi connectivity index (χ3v) is 3.43. The van der Waals surface area contributed by atoms with Crippen molar-refractivity contribution in [3.8, 4) is 0 Å². The molecule has 2 rings (SSSR count). The number of benzene rings is 1. The molecule has 1 heterocycles. The minimum Gasteiger partial charge on any atom is -0.550 e. The van der Waals surface area contributed by atoms with Crippen LogP contribution in [0.15, 0.2) is 18.2 Å². The van der Waals surface area contributed by atoms with Crippen molar-refractivity contribution < 1.29 is 43.3 Å². The minimum absolute atomic E-state index is 0. The molecule has 0 radical (unpaired) electrons. The summed E-state index contributed by atoms with van der Waals surface area (Å²) in [5.41, 5.74) is -0.0463. The number of non-ortho nitro benzene ring substituents is 1. The fourth-order valence-corrected chi connectivity index (χ4v) is 2.31. The van der Waals surface area contributed by atoms with Crippen LogP contribution in [0.5, 0.6) is 0 Å². The number of carboxylic acids is 1. The summed E-state index contributed by atoms with van der Waals surface area (Å²) in [6, 6.07) is 3.57. The summed E-state index contributed by atoms with van der Waals surface area (Å²) in [6.07, 6.45) is 1.37. The molecule has 1 aromatic carbocycles. The Morgan fingerprint density at radius 2 is 1.74 bits per heavy atom. The molecule has 0 aromatic heterocycles. The number of carbonyl (C=O) groups excluding carboxylic acids is 3. The second kappa shape index (κ2) is 7.90. The molecular formula is C14H13LiN2O6. The van der Waals surface area contributed by atoms with Crippen LogP contribution < -0.4 is 24.0 Å². The van der Waals surface area contributed by atoms with E-state index in [0.29, 0.717) is 19.3 Å². The number of fused-ring (bicyclic) bond motifs is 1. The van der Waals surface area contributed by atoms with Gasteiger partial charge in [-0.25, -0.2) is 0 Å². The number of nitro groups is 1. The van der Waals surface area contributed by atoms with Gasteiger partial charge in [0.15, 0.2) is 0 Å². The third-order valence-electron chi connectivity index (χ3n) is 3.43. The summed E-state index contributed by atoms with van der Waals surface area (Å²) in [4.78, 5) is 45.6. The van der Waals surface area contributed by atoms with Crippen molar-refractivity contribution >= 4 is 23.5 Å². The van der Waals surface area contributed by atoms with Gasteiger partial charge in [-0.1, -0.05) is 6.42 Å². The summed E-state index contributed by atoms with van der Waals surface area (Å²) >= 11 is 0. The van der Waals surface area contributed by atoms with E-state index < -0.39 is 22.7 Å². The van der Waals surface area contributed by atoms with E-state index in [2.05, 4.69) is 0 Å². The van der Waals surface area contributed by atoms with Gasteiger partial charge in [-0.15, -0.1) is 0 Å². The van der Waals surface area contributed by atoms with Crippen molar-refractivity contribution in [2.45, 2.75) is 25.7 Å². The van der Waals surface area contributed by atoms with Gasteiger partial charge in [0.1, 0.15) is 0 Å². The van der Waals surface area contributed by atoms with Gasteiger partial charge < -0.3 is 9.90 Å². The molecule has 1 aliphatic heterocycles. The number of imide groups is 1. The molecule has 8 nitrogen and oxygen atoms in total. The molecule has 1 aliphatic rings. The van der Waals surface area contributed by atoms with Crippen LogP contribution in [0.25, 0.3) is 0 Å². The van der Waals surface area contributed by atoms with Crippen LogP contribution in [0.3, 0.4) is 0 Å². The van der Waals surface area contributed by atoms with Crippen molar-refractivity contribution in [2.24, 2.45) is 0 Å². The van der Waals surface area contributed by atoms with Crippen LogP contribution in [0.4, 0.5) is 5.69 Å². The summed E-state index contributed by atoms with van der Waals surface area (Å²) in [7, 11) is 0. The summed E-state index contributed by atoms with van der Waals surface area (Å²) < 4.78 is 0. The maximum atomic E-state index is 12.1. The SMILES string of the molecule is O=C([O-])CCCCCN1C(=O)c2ccc([N+](=O)[O-])cc2C1=O.[Li+]. The molecule has 0 bridgehead atoms. The van der Waals surface area contributed by atoms with E-state index >= 15 is 0 Å². The van der Waals surface area contributed by atoms with E-state index in [9.17, 15) is 29.6 Å². The smallest absolute Gasteiger partial charge is 0.550 e. The number of nitrogens with zero attached hydrogens (tertiary/aromatic N) is 2. The van der Waals surface area contributed by atoms with Crippen LogP contribution in [-0.2, 0) is 4.79 Å². The Kier molecular flexibility index (Phi) is 6.48. The average molecular weight is 312 g/mol. The summed E-state index contributed by atoms with van der Waals surface area (Å²) in [5.74, 6) is -2.16. The van der Waals surface area contributed by atoms with Crippen LogP contribution in [0.1, 0.15) is 46.4 Å². The second-order valence-electron chi connectivity index (χ2n) is 4.93. The first-order valence-corrected chi connectivity index (χ1v) is 6.76. The number of hydrogen-bond donors (Lipinski definition) is 0. The molecule has 2 amide bonds. The van der Waals surface area contributed by atoms with Gasteiger partial charge in [0.05, 0.1) is 16.1 Å². The molecule has 0 atom stereocenters. The Morgan fingerprint density at radius 3 is 2.35 bits per heavy atom. The number of nitro benzene ring substituents is 1. The van der Waals surface area contributed by atoms with E-state index in [0.717, 1.165) is 11.0 Å². The van der Waals surface area contributed by atoms with E-state index in [1.807, 2.05) is 0 Å². The molecule has 23 heavy (non-hydrogen) atoms. The first-order chi connectivity index (χ1) is 10.4. The average Bonchev–Trinajstić information content (AvgIpc) is 2.70. The molecule has 0 saturated heterocycles. The van der Waals surface area contributed by atoms with E-state index in [4.69, 9.17) is 0 Å². The Hall–Kier alpha value is -2.17. The first-order valence-electron chi connectivity index (χ1n) is 6.76. The first kappa shape index (κ1) is 18.9. The zero-order valence-electron chi connectivity index (χ0n) is 12.6. The normalized spacial score (nSPS) is 12.8. The van der Waals surface area contributed by atoms with Crippen molar-refractivity contribution in [1.29, 1.82) is 0 Å². The number of rotatable bonds is 7. The van der Waals surface area contributed by atoms with Gasteiger partial charge in [0, 0.05) is 24.6 Å². The van der Waals surface area contributed by atoms with Crippen LogP contribution in [-0.4, -0.2) is 34.2 Å². The fraction of sp³-hybridized carbons (Fsp3) is 0.357. The van der Waals surface area contributed by atoms with E-state index in [-0.39, 0.29) is 48.6 Å². The van der Waals surface area contributed by atoms with Gasteiger partial charge in [0.2, 0.25) is 0 Å². The minimum atomic E-state index is -1.13. The van der Waals surface area contributed by atoms with Crippen molar-refractivity contribution in [3.63, 3.8) is 0 Å². The third kappa shape index (κ3) is 4.18. The molecule has 0 unspecified atom stereocenters. The van der Waals surface area contributed by atoms with Gasteiger partial charge in [-0.2, -0.15) is 0 Å². The second-order valence-corrected chi connectivity index (χ2v) is 4.93. The number of unbranched alkanes of at least 4 members (excludes halogenated alkanes) is 2. The molecule has 1 aromatic rings. The summed E-state index contributed by atoms with van der Waals surface area (Å²) in [6.45, 7) is 0.160. The topological polar surface area (TPSA) is 121 Å². The molecule has 0 N–H and O–H groups in total. The molecule has 9 heteroatoms. The molecule has 0 aliphatic carbocycles. The van der Waals surface area contributed by atoms with Gasteiger partial charge >= 0.3 is 18.9 Å². The van der Waals surface area contributed by atoms with Gasteiger partial charge in [0.25, 0.3) is 17.5 Å². The van der Waals surface area contributed by atoms with Crippen LogP contribution in [0.2, 0.25) is 0 Å². The molecule has 0 fully saturated rings. The summed E-state index contributed by atoms with van der Waals surface area (Å²) in [5, 5.41) is 21.0. The van der Waals surface area contributed by atoms with Crippen LogP contribution in [0, 0.1) is 10.1 Å². The monoisotopic (exact) mass is 312 g/mol. The van der Waals surface area contributed by atoms with Gasteiger partial charge in [-0.05, 0) is 25.3 Å². The maximum absolute atomic E-state index is 12.1. The van der Waals surface area contributed by atoms with E-state index in [1.165, 1.54) is 12.1 Å². The molecule has 0 saturated carbocycles. The van der Waals surface area contributed by atoms with Crippen molar-refractivity contribution in [3.05, 3.63) is 39.4 Å². The number of hydrogen-bond acceptors (Lipinski definition) is 6. The Morgan fingerprint density at radius 1 is 1.09 bits per heavy atom. The standard InChI is InChI=1S/C14H14N2O6.Li/c17-12(18)4-2-1-3-7-15-13(19)10-6-5-9(16(21)22)8-11(10)14(15)20;/h5-6,8H,1-4,7H2,(H,17,18);/q;+1/p-1. The van der Waals surface area contributed by atoms with Gasteiger partial charge in [-0.3, -0.25) is 24.6 Å². The number of carbonyl (C=O) groups is 3. The van der Waals surface area contributed by atoms with Crippen LogP contribution >= 0.6 is 0 Å². The number of amides is 2. The number of aliphatic carboxylic acids is 1. The zero-order valence-corrected chi connectivity index (χ0v) is 12.6. The van der Waals surface area contributed by atoms with E-state index in [1.54, 1.807) is 0 Å². The fourth-order valence-electron chi connectivity index (χ4n) is 2.31. The molecule has 116 valence electrons. The molecular weight excluding hydrogens is 299 g/mol. The Labute approximate surface area is 143 Å². The largest absolute Gasteiger partial charge is 1.00 e. The Balaban J connectivity index is 0.00000264. The zero-order chi connectivity index (χ0) is 16.3. The Bertz CT molecular complexity index is 661. The van der Waals surface area contributed by atoms with Crippen molar-refractivity contribution in [1.82, 2.24) is 4.90 Å².